The smallest absolute Gasteiger partial charge is 0.231 e. The van der Waals surface area contributed by atoms with Gasteiger partial charge in [-0.2, -0.15) is 0 Å². The molecule has 0 saturated carbocycles. The Balaban J connectivity index is 1.54. The number of fused-ring (bicyclic) bond motifs is 1. The van der Waals surface area contributed by atoms with Crippen LogP contribution in [0.25, 0.3) is 0 Å². The van der Waals surface area contributed by atoms with E-state index in [1.165, 1.54) is 6.42 Å². The molecule has 0 amide bonds. The molecule has 104 valence electrons. The van der Waals surface area contributed by atoms with Crippen molar-refractivity contribution in [3.63, 3.8) is 0 Å². The zero-order chi connectivity index (χ0) is 13.1. The van der Waals surface area contributed by atoms with E-state index in [1.807, 2.05) is 6.07 Å². The first-order valence-electron chi connectivity index (χ1n) is 6.73. The van der Waals surface area contributed by atoms with E-state index in [4.69, 9.17) is 14.2 Å². The summed E-state index contributed by atoms with van der Waals surface area (Å²) in [5.41, 5.74) is 0.834. The largest absolute Gasteiger partial charge is 0.507 e. The summed E-state index contributed by atoms with van der Waals surface area (Å²) in [6.07, 6.45) is 2.35. The molecular formula is C14H19NO4. The highest BCUT2D eigenvalue weighted by Gasteiger charge is 2.17. The van der Waals surface area contributed by atoms with Gasteiger partial charge in [0.1, 0.15) is 5.75 Å². The topological polar surface area (TPSA) is 60.0 Å². The minimum absolute atomic E-state index is 0.227. The Hall–Kier alpha value is -1.46. The normalized spacial score (nSPS) is 21.6. The molecule has 1 aromatic rings. The predicted octanol–water partition coefficient (Wildman–Crippen LogP) is 1.64. The van der Waals surface area contributed by atoms with Gasteiger partial charge in [-0.15, -0.1) is 0 Å². The number of hydrogen-bond acceptors (Lipinski definition) is 5. The van der Waals surface area contributed by atoms with Crippen LogP contribution in [0.3, 0.4) is 0 Å². The molecule has 0 aliphatic carbocycles. The van der Waals surface area contributed by atoms with Gasteiger partial charge in [0.25, 0.3) is 0 Å². The Bertz CT molecular complexity index is 443. The molecule has 1 fully saturated rings. The van der Waals surface area contributed by atoms with E-state index in [-0.39, 0.29) is 12.5 Å². The van der Waals surface area contributed by atoms with Crippen molar-refractivity contribution in [3.8, 4) is 17.2 Å². The maximum Gasteiger partial charge on any atom is 0.231 e. The average molecular weight is 265 g/mol. The molecule has 1 unspecified atom stereocenters. The predicted molar refractivity (Wildman–Crippen MR) is 69.5 cm³/mol. The second-order valence-electron chi connectivity index (χ2n) is 5.05. The zero-order valence-electron chi connectivity index (χ0n) is 10.9. The van der Waals surface area contributed by atoms with Crippen LogP contribution in [-0.2, 0) is 11.3 Å². The van der Waals surface area contributed by atoms with Gasteiger partial charge in [-0.1, -0.05) is 0 Å². The highest BCUT2D eigenvalue weighted by molar-refractivity contribution is 5.51. The van der Waals surface area contributed by atoms with Crippen molar-refractivity contribution < 1.29 is 19.3 Å². The lowest BCUT2D eigenvalue weighted by molar-refractivity contribution is 0.0547. The minimum Gasteiger partial charge on any atom is -0.507 e. The van der Waals surface area contributed by atoms with Crippen molar-refractivity contribution in [1.82, 2.24) is 5.32 Å². The van der Waals surface area contributed by atoms with E-state index in [0.29, 0.717) is 24.0 Å². The second-order valence-corrected chi connectivity index (χ2v) is 5.05. The number of hydrogen-bond donors (Lipinski definition) is 2. The molecule has 5 nitrogen and oxygen atoms in total. The van der Waals surface area contributed by atoms with Crippen LogP contribution in [0.1, 0.15) is 18.4 Å². The third kappa shape index (κ3) is 2.93. The van der Waals surface area contributed by atoms with Gasteiger partial charge in [-0.05, 0) is 24.8 Å². The monoisotopic (exact) mass is 265 g/mol. The lowest BCUT2D eigenvalue weighted by atomic mass is 10.0. The highest BCUT2D eigenvalue weighted by atomic mass is 16.7. The van der Waals surface area contributed by atoms with Crippen molar-refractivity contribution in [2.45, 2.75) is 19.4 Å². The first-order chi connectivity index (χ1) is 9.33. The first-order valence-corrected chi connectivity index (χ1v) is 6.73. The van der Waals surface area contributed by atoms with E-state index in [2.05, 4.69) is 5.32 Å². The first kappa shape index (κ1) is 12.6. The van der Waals surface area contributed by atoms with Gasteiger partial charge in [0.05, 0.1) is 6.61 Å². The summed E-state index contributed by atoms with van der Waals surface area (Å²) in [7, 11) is 0. The third-order valence-corrected chi connectivity index (χ3v) is 3.58. The summed E-state index contributed by atoms with van der Waals surface area (Å²) in [6.45, 7) is 3.48. The van der Waals surface area contributed by atoms with Gasteiger partial charge in [-0.25, -0.2) is 0 Å². The van der Waals surface area contributed by atoms with Gasteiger partial charge in [-0.3, -0.25) is 0 Å². The Morgan fingerprint density at radius 3 is 2.89 bits per heavy atom. The molecule has 19 heavy (non-hydrogen) atoms. The summed E-state index contributed by atoms with van der Waals surface area (Å²) in [6, 6.07) is 3.45. The molecule has 0 spiro atoms. The van der Waals surface area contributed by atoms with E-state index < -0.39 is 0 Å². The number of benzene rings is 1. The van der Waals surface area contributed by atoms with Gasteiger partial charge >= 0.3 is 0 Å². The maximum atomic E-state index is 9.91. The van der Waals surface area contributed by atoms with Crippen LogP contribution < -0.4 is 14.8 Å². The van der Waals surface area contributed by atoms with Gasteiger partial charge in [0.15, 0.2) is 11.5 Å². The van der Waals surface area contributed by atoms with Crippen molar-refractivity contribution in [2.75, 3.05) is 26.6 Å². The number of nitrogens with one attached hydrogen (secondary N) is 1. The van der Waals surface area contributed by atoms with Gasteiger partial charge in [0, 0.05) is 31.3 Å². The second kappa shape index (κ2) is 5.67. The van der Waals surface area contributed by atoms with Crippen molar-refractivity contribution >= 4 is 0 Å². The van der Waals surface area contributed by atoms with Crippen LogP contribution in [0.4, 0.5) is 0 Å². The molecule has 0 aromatic heterocycles. The summed E-state index contributed by atoms with van der Waals surface area (Å²) in [4.78, 5) is 0. The number of ether oxygens (including phenoxy) is 3. The van der Waals surface area contributed by atoms with Crippen molar-refractivity contribution in [1.29, 1.82) is 0 Å². The molecule has 5 heteroatoms. The molecule has 2 heterocycles. The molecule has 3 rings (SSSR count). The van der Waals surface area contributed by atoms with E-state index >= 15 is 0 Å². The molecule has 0 radical (unpaired) electrons. The zero-order valence-corrected chi connectivity index (χ0v) is 10.9. The van der Waals surface area contributed by atoms with Gasteiger partial charge in [0.2, 0.25) is 6.79 Å². The number of rotatable bonds is 4. The Labute approximate surface area is 112 Å². The Kier molecular flexibility index (Phi) is 3.75. The van der Waals surface area contributed by atoms with E-state index in [1.54, 1.807) is 6.07 Å². The summed E-state index contributed by atoms with van der Waals surface area (Å²) < 4.78 is 16.0. The molecule has 1 saturated heterocycles. The summed E-state index contributed by atoms with van der Waals surface area (Å²) >= 11 is 0. The molecule has 0 bridgehead atoms. The SMILES string of the molecule is Oc1cc2c(cc1CNCC1CCCOC1)OCO2. The van der Waals surface area contributed by atoms with Gasteiger partial charge < -0.3 is 24.6 Å². The summed E-state index contributed by atoms with van der Waals surface area (Å²) in [5.74, 6) is 2.14. The highest BCUT2D eigenvalue weighted by Crippen LogP contribution is 2.37. The van der Waals surface area contributed by atoms with Crippen LogP contribution in [0.15, 0.2) is 12.1 Å². The number of phenolic OH excluding ortho intramolecular Hbond substituents is 1. The van der Waals surface area contributed by atoms with Crippen molar-refractivity contribution in [3.05, 3.63) is 17.7 Å². The summed E-state index contributed by atoms with van der Waals surface area (Å²) in [5, 5.41) is 13.3. The average Bonchev–Trinajstić information content (AvgIpc) is 2.87. The lowest BCUT2D eigenvalue weighted by Gasteiger charge is -2.22. The maximum absolute atomic E-state index is 9.91. The van der Waals surface area contributed by atoms with Crippen LogP contribution >= 0.6 is 0 Å². The number of aromatic hydroxyl groups is 1. The molecule has 1 atom stereocenters. The van der Waals surface area contributed by atoms with Crippen LogP contribution in [-0.4, -0.2) is 31.7 Å². The van der Waals surface area contributed by atoms with Crippen LogP contribution in [0, 0.1) is 5.92 Å². The molecule has 2 aliphatic heterocycles. The molecule has 2 aliphatic rings. The van der Waals surface area contributed by atoms with Crippen molar-refractivity contribution in [2.24, 2.45) is 5.92 Å². The fourth-order valence-electron chi connectivity index (χ4n) is 2.49. The van der Waals surface area contributed by atoms with E-state index in [9.17, 15) is 5.11 Å². The fraction of sp³-hybridized carbons (Fsp3) is 0.571. The Morgan fingerprint density at radius 2 is 2.11 bits per heavy atom. The molecular weight excluding hydrogens is 246 g/mol. The number of phenols is 1. The fourth-order valence-corrected chi connectivity index (χ4v) is 2.49. The lowest BCUT2D eigenvalue weighted by Crippen LogP contribution is -2.28. The third-order valence-electron chi connectivity index (χ3n) is 3.58. The van der Waals surface area contributed by atoms with Crippen LogP contribution in [0.5, 0.6) is 17.2 Å². The minimum atomic E-state index is 0.227. The Morgan fingerprint density at radius 1 is 1.26 bits per heavy atom. The molecule has 1 aromatic carbocycles. The van der Waals surface area contributed by atoms with Crippen LogP contribution in [0.2, 0.25) is 0 Å². The quantitative estimate of drug-likeness (QED) is 0.866. The standard InChI is InChI=1S/C14H19NO4/c16-12-5-14-13(18-9-19-14)4-11(12)7-15-6-10-2-1-3-17-8-10/h4-5,10,15-16H,1-3,6-9H2. The molecule has 2 N–H and O–H groups in total. The van der Waals surface area contributed by atoms with E-state index in [0.717, 1.165) is 31.7 Å².